The molecule has 2 aromatic heterocycles. The van der Waals surface area contributed by atoms with Crippen LogP contribution in [0.3, 0.4) is 0 Å². The van der Waals surface area contributed by atoms with E-state index in [1.165, 1.54) is 10.8 Å². The maximum absolute atomic E-state index is 13.8. The highest BCUT2D eigenvalue weighted by Gasteiger charge is 2.15. The van der Waals surface area contributed by atoms with E-state index in [0.29, 0.717) is 16.5 Å². The molecule has 0 spiro atoms. The average Bonchev–Trinajstić information content (AvgIpc) is 2.81. The molecule has 0 saturated carbocycles. The van der Waals surface area contributed by atoms with Gasteiger partial charge in [0.1, 0.15) is 23.0 Å². The number of nitrogens with two attached hydrogens (primary N) is 1. The number of benzene rings is 1. The molecule has 20 heavy (non-hydrogen) atoms. The molecule has 0 atom stereocenters. The number of nitrogens with zero attached hydrogens (tertiary/aromatic N) is 4. The van der Waals surface area contributed by atoms with Gasteiger partial charge in [0.25, 0.3) is 5.78 Å². The van der Waals surface area contributed by atoms with Gasteiger partial charge in [-0.05, 0) is 25.1 Å². The second-order valence-electron chi connectivity index (χ2n) is 4.12. The Hall–Kier alpha value is -2.22. The molecule has 0 saturated heterocycles. The Labute approximate surface area is 116 Å². The summed E-state index contributed by atoms with van der Waals surface area (Å²) in [6.45, 7) is 1.77. The molecule has 1 aromatic carbocycles. The monoisotopic (exact) mass is 293 g/mol. The van der Waals surface area contributed by atoms with E-state index in [-0.39, 0.29) is 10.6 Å². The molecule has 0 aliphatic heterocycles. The summed E-state index contributed by atoms with van der Waals surface area (Å²) in [4.78, 5) is 7.99. The van der Waals surface area contributed by atoms with Crippen LogP contribution in [0.2, 0.25) is 0 Å². The Morgan fingerprint density at radius 1 is 1.20 bits per heavy atom. The summed E-state index contributed by atoms with van der Waals surface area (Å²) in [5, 5.41) is 4.51. The fraction of sp³-hybridized carbons (Fsp3) is 0.0833. The molecule has 0 amide bonds. The van der Waals surface area contributed by atoms with E-state index < -0.39 is 11.6 Å². The molecule has 0 aliphatic rings. The van der Waals surface area contributed by atoms with Crippen molar-refractivity contribution in [3.8, 4) is 0 Å². The zero-order chi connectivity index (χ0) is 14.3. The highest BCUT2D eigenvalue weighted by molar-refractivity contribution is 7.99. The first-order valence-electron chi connectivity index (χ1n) is 5.64. The maximum Gasteiger partial charge on any atom is 0.253 e. The van der Waals surface area contributed by atoms with Gasteiger partial charge in [0, 0.05) is 11.4 Å². The predicted molar refractivity (Wildman–Crippen MR) is 70.4 cm³/mol. The van der Waals surface area contributed by atoms with Crippen LogP contribution in [0, 0.1) is 18.6 Å². The van der Waals surface area contributed by atoms with Gasteiger partial charge >= 0.3 is 0 Å². The van der Waals surface area contributed by atoms with Crippen LogP contribution >= 0.6 is 11.8 Å². The predicted octanol–water partition coefficient (Wildman–Crippen LogP) is 2.44. The zero-order valence-electron chi connectivity index (χ0n) is 10.3. The second kappa shape index (κ2) is 4.71. The van der Waals surface area contributed by atoms with E-state index in [9.17, 15) is 8.78 Å². The molecule has 2 heterocycles. The first-order valence-corrected chi connectivity index (χ1v) is 6.46. The summed E-state index contributed by atoms with van der Waals surface area (Å²) in [7, 11) is 0. The summed E-state index contributed by atoms with van der Waals surface area (Å²) in [5.74, 6) is -1.05. The molecule has 0 unspecified atom stereocenters. The minimum absolute atomic E-state index is 0.0427. The van der Waals surface area contributed by atoms with Gasteiger partial charge in [-0.3, -0.25) is 0 Å². The first-order chi connectivity index (χ1) is 9.54. The number of halogens is 2. The maximum atomic E-state index is 13.8. The average molecular weight is 293 g/mol. The van der Waals surface area contributed by atoms with Gasteiger partial charge in [0.15, 0.2) is 0 Å². The SMILES string of the molecule is Cc1cc(Sc2c(F)cc(N)cc2F)n2ncnc2n1. The van der Waals surface area contributed by atoms with Crippen LogP contribution < -0.4 is 5.73 Å². The summed E-state index contributed by atoms with van der Waals surface area (Å²) < 4.78 is 29.1. The van der Waals surface area contributed by atoms with Crippen molar-refractivity contribution < 1.29 is 8.78 Å². The van der Waals surface area contributed by atoms with Crippen molar-refractivity contribution in [1.82, 2.24) is 19.6 Å². The van der Waals surface area contributed by atoms with Crippen LogP contribution in [0.5, 0.6) is 0 Å². The van der Waals surface area contributed by atoms with Crippen LogP contribution in [0.15, 0.2) is 34.4 Å². The minimum Gasteiger partial charge on any atom is -0.399 e. The molecule has 0 radical (unpaired) electrons. The number of hydrogen-bond donors (Lipinski definition) is 1. The van der Waals surface area contributed by atoms with Crippen molar-refractivity contribution in [2.45, 2.75) is 16.8 Å². The Morgan fingerprint density at radius 2 is 1.90 bits per heavy atom. The molecular formula is C12H9F2N5S. The van der Waals surface area contributed by atoms with Gasteiger partial charge in [-0.1, -0.05) is 11.8 Å². The highest BCUT2D eigenvalue weighted by atomic mass is 32.2. The van der Waals surface area contributed by atoms with Gasteiger partial charge in [-0.25, -0.2) is 13.8 Å². The first kappa shape index (κ1) is 12.8. The smallest absolute Gasteiger partial charge is 0.253 e. The number of fused-ring (bicyclic) bond motifs is 1. The number of hydrogen-bond acceptors (Lipinski definition) is 5. The second-order valence-corrected chi connectivity index (χ2v) is 5.15. The van der Waals surface area contributed by atoms with Crippen molar-refractivity contribution in [3.63, 3.8) is 0 Å². The lowest BCUT2D eigenvalue weighted by atomic mass is 10.3. The van der Waals surface area contributed by atoms with Crippen LogP contribution in [0.4, 0.5) is 14.5 Å². The fourth-order valence-electron chi connectivity index (χ4n) is 1.75. The van der Waals surface area contributed by atoms with E-state index in [1.54, 1.807) is 13.0 Å². The molecular weight excluding hydrogens is 284 g/mol. The fourth-order valence-corrected chi connectivity index (χ4v) is 2.72. The molecule has 0 aliphatic carbocycles. The van der Waals surface area contributed by atoms with Crippen molar-refractivity contribution in [2.75, 3.05) is 5.73 Å². The van der Waals surface area contributed by atoms with Crippen molar-refractivity contribution in [1.29, 1.82) is 0 Å². The van der Waals surface area contributed by atoms with Gasteiger partial charge in [-0.15, -0.1) is 0 Å². The molecule has 8 heteroatoms. The lowest BCUT2D eigenvalue weighted by Crippen LogP contribution is -1.99. The molecule has 102 valence electrons. The molecule has 3 rings (SSSR count). The largest absolute Gasteiger partial charge is 0.399 e. The normalized spacial score (nSPS) is 11.2. The summed E-state index contributed by atoms with van der Waals surface area (Å²) in [5.41, 5.74) is 6.12. The number of aryl methyl sites for hydroxylation is 1. The van der Waals surface area contributed by atoms with E-state index in [0.717, 1.165) is 23.9 Å². The third-order valence-corrected chi connectivity index (χ3v) is 3.67. The van der Waals surface area contributed by atoms with Crippen LogP contribution in [-0.4, -0.2) is 19.6 Å². The number of aromatic nitrogens is 4. The Balaban J connectivity index is 2.12. The standard InChI is InChI=1S/C12H9F2N5S/c1-6-2-10(19-12(18-6)16-5-17-19)20-11-8(13)3-7(15)4-9(11)14/h2-5H,15H2,1H3. The van der Waals surface area contributed by atoms with Gasteiger partial charge < -0.3 is 5.73 Å². The lowest BCUT2D eigenvalue weighted by Gasteiger charge is -2.07. The molecule has 2 N–H and O–H groups in total. The third-order valence-electron chi connectivity index (χ3n) is 2.57. The van der Waals surface area contributed by atoms with E-state index in [1.807, 2.05) is 0 Å². The summed E-state index contributed by atoms with van der Waals surface area (Å²) >= 11 is 0.913. The van der Waals surface area contributed by atoms with E-state index in [2.05, 4.69) is 15.1 Å². The van der Waals surface area contributed by atoms with Gasteiger partial charge in [0.2, 0.25) is 0 Å². The van der Waals surface area contributed by atoms with Crippen LogP contribution in [-0.2, 0) is 0 Å². The highest BCUT2D eigenvalue weighted by Crippen LogP contribution is 2.33. The minimum atomic E-state index is -0.713. The number of nitrogen functional groups attached to an aromatic ring is 1. The van der Waals surface area contributed by atoms with Crippen molar-refractivity contribution in [3.05, 3.63) is 41.9 Å². The quantitative estimate of drug-likeness (QED) is 0.580. The summed E-state index contributed by atoms with van der Waals surface area (Å²) in [6, 6.07) is 3.84. The van der Waals surface area contributed by atoms with Gasteiger partial charge in [0.05, 0.1) is 4.90 Å². The third kappa shape index (κ3) is 2.18. The van der Waals surface area contributed by atoms with E-state index in [4.69, 9.17) is 5.73 Å². The van der Waals surface area contributed by atoms with Crippen LogP contribution in [0.1, 0.15) is 5.69 Å². The molecule has 0 bridgehead atoms. The molecule has 3 aromatic rings. The lowest BCUT2D eigenvalue weighted by molar-refractivity contribution is 0.541. The van der Waals surface area contributed by atoms with Crippen molar-refractivity contribution in [2.24, 2.45) is 0 Å². The van der Waals surface area contributed by atoms with E-state index >= 15 is 0 Å². The Kier molecular flexibility index (Phi) is 3.01. The number of rotatable bonds is 2. The molecule has 0 fully saturated rings. The topological polar surface area (TPSA) is 69.1 Å². The Bertz CT molecular complexity index is 779. The molecule has 5 nitrogen and oxygen atoms in total. The van der Waals surface area contributed by atoms with Crippen LogP contribution in [0.25, 0.3) is 5.78 Å². The zero-order valence-corrected chi connectivity index (χ0v) is 11.2. The van der Waals surface area contributed by atoms with Crippen molar-refractivity contribution >= 4 is 23.2 Å². The number of anilines is 1. The summed E-state index contributed by atoms with van der Waals surface area (Å²) in [6.07, 6.45) is 1.33. The van der Waals surface area contributed by atoms with Gasteiger partial charge in [-0.2, -0.15) is 14.6 Å². The Morgan fingerprint density at radius 3 is 2.60 bits per heavy atom.